The van der Waals surface area contributed by atoms with Crippen molar-refractivity contribution in [2.45, 2.75) is 32.5 Å². The van der Waals surface area contributed by atoms with Crippen LogP contribution in [-0.4, -0.2) is 22.7 Å². The molecule has 0 aliphatic carbocycles. The highest BCUT2D eigenvalue weighted by Gasteiger charge is 2.33. The summed E-state index contributed by atoms with van der Waals surface area (Å²) < 4.78 is 50.8. The number of pyridine rings is 1. The minimum atomic E-state index is -4.58. The summed E-state index contributed by atoms with van der Waals surface area (Å²) in [5.41, 5.74) is -0.0458. The molecule has 0 atom stereocenters. The number of nitrogens with zero attached hydrogens (tertiary/aromatic N) is 1. The van der Waals surface area contributed by atoms with Crippen molar-refractivity contribution in [1.29, 1.82) is 0 Å². The molecule has 0 saturated carbocycles. The van der Waals surface area contributed by atoms with E-state index in [0.717, 1.165) is 12.5 Å². The van der Waals surface area contributed by atoms with Crippen LogP contribution >= 0.6 is 0 Å². The average molecular weight is 419 g/mol. The van der Waals surface area contributed by atoms with E-state index in [9.17, 15) is 18.0 Å². The third kappa shape index (κ3) is 5.20. The Bertz CT molecular complexity index is 1050. The van der Waals surface area contributed by atoms with Gasteiger partial charge in [-0.2, -0.15) is 13.2 Å². The zero-order valence-electron chi connectivity index (χ0n) is 16.2. The Kier molecular flexibility index (Phi) is 6.44. The SMILES string of the molecule is CCCCOc1cc(C(F)(F)F)nc2ccc(COc3cccc(C(=O)O)c3)cc12. The molecule has 5 nitrogen and oxygen atoms in total. The molecule has 0 spiro atoms. The molecule has 8 heteroatoms. The number of ether oxygens (including phenoxy) is 2. The van der Waals surface area contributed by atoms with E-state index in [1.807, 2.05) is 6.92 Å². The van der Waals surface area contributed by atoms with Gasteiger partial charge >= 0.3 is 12.1 Å². The van der Waals surface area contributed by atoms with Crippen LogP contribution in [0, 0.1) is 0 Å². The number of benzene rings is 2. The highest BCUT2D eigenvalue weighted by molar-refractivity contribution is 5.88. The van der Waals surface area contributed by atoms with Crippen LogP contribution < -0.4 is 9.47 Å². The Morgan fingerprint density at radius 3 is 2.60 bits per heavy atom. The molecule has 0 bridgehead atoms. The average Bonchev–Trinajstić information content (AvgIpc) is 2.71. The maximum atomic E-state index is 13.2. The van der Waals surface area contributed by atoms with Gasteiger partial charge in [0.2, 0.25) is 0 Å². The molecule has 1 aromatic heterocycles. The second-order valence-corrected chi connectivity index (χ2v) is 6.68. The van der Waals surface area contributed by atoms with Gasteiger partial charge in [0, 0.05) is 11.5 Å². The van der Waals surface area contributed by atoms with Crippen molar-refractivity contribution in [3.05, 3.63) is 65.4 Å². The number of rotatable bonds is 8. The topological polar surface area (TPSA) is 68.7 Å². The summed E-state index contributed by atoms with van der Waals surface area (Å²) in [4.78, 5) is 14.8. The minimum absolute atomic E-state index is 0.0986. The molecule has 0 saturated heterocycles. The standard InChI is InChI=1S/C22H20F3NO4/c1-2-3-9-29-19-12-20(22(23,24)25)26-18-8-7-14(10-17(18)19)13-30-16-6-4-5-15(11-16)21(27)28/h4-8,10-12H,2-3,9,13H2,1H3,(H,27,28). The molecular weight excluding hydrogens is 399 g/mol. The van der Waals surface area contributed by atoms with Crippen LogP contribution in [0.2, 0.25) is 0 Å². The van der Waals surface area contributed by atoms with Crippen molar-refractivity contribution < 1.29 is 32.5 Å². The number of unbranched alkanes of at least 4 members (excludes halogenated alkanes) is 1. The summed E-state index contributed by atoms with van der Waals surface area (Å²) in [5.74, 6) is -0.568. The fourth-order valence-electron chi connectivity index (χ4n) is 2.81. The summed E-state index contributed by atoms with van der Waals surface area (Å²) in [6.07, 6.45) is -3.01. The quantitative estimate of drug-likeness (QED) is 0.474. The van der Waals surface area contributed by atoms with Crippen molar-refractivity contribution in [2.75, 3.05) is 6.61 Å². The third-order valence-corrected chi connectivity index (χ3v) is 4.37. The van der Waals surface area contributed by atoms with Crippen molar-refractivity contribution in [3.8, 4) is 11.5 Å². The van der Waals surface area contributed by atoms with Crippen LogP contribution in [0.15, 0.2) is 48.5 Å². The monoisotopic (exact) mass is 419 g/mol. The zero-order valence-corrected chi connectivity index (χ0v) is 16.2. The molecule has 30 heavy (non-hydrogen) atoms. The van der Waals surface area contributed by atoms with Gasteiger partial charge in [-0.15, -0.1) is 0 Å². The number of halogens is 3. The van der Waals surface area contributed by atoms with Gasteiger partial charge in [0.05, 0.1) is 17.7 Å². The Balaban J connectivity index is 1.89. The number of carboxylic acid groups (broad SMARTS) is 1. The largest absolute Gasteiger partial charge is 0.493 e. The first kappa shape index (κ1) is 21.4. The lowest BCUT2D eigenvalue weighted by Crippen LogP contribution is -2.09. The number of hydrogen-bond donors (Lipinski definition) is 1. The van der Waals surface area contributed by atoms with Gasteiger partial charge in [0.25, 0.3) is 0 Å². The lowest BCUT2D eigenvalue weighted by atomic mass is 10.1. The maximum absolute atomic E-state index is 13.2. The van der Waals surface area contributed by atoms with Gasteiger partial charge in [0.15, 0.2) is 0 Å². The first-order chi connectivity index (χ1) is 14.3. The van der Waals surface area contributed by atoms with E-state index in [1.54, 1.807) is 24.3 Å². The second-order valence-electron chi connectivity index (χ2n) is 6.68. The number of carbonyl (C=O) groups is 1. The van der Waals surface area contributed by atoms with Crippen LogP contribution in [0.1, 0.15) is 41.4 Å². The predicted octanol–water partition coefficient (Wildman–Crippen LogP) is 5.71. The number of aromatic nitrogens is 1. The predicted molar refractivity (Wildman–Crippen MR) is 105 cm³/mol. The van der Waals surface area contributed by atoms with E-state index in [0.29, 0.717) is 29.7 Å². The summed E-state index contributed by atoms with van der Waals surface area (Å²) in [6.45, 7) is 2.37. The summed E-state index contributed by atoms with van der Waals surface area (Å²) >= 11 is 0. The summed E-state index contributed by atoms with van der Waals surface area (Å²) in [5, 5.41) is 9.51. The molecule has 0 fully saturated rings. The smallest absolute Gasteiger partial charge is 0.433 e. The number of hydrogen-bond acceptors (Lipinski definition) is 4. The molecule has 1 heterocycles. The summed E-state index contributed by atoms with van der Waals surface area (Å²) in [7, 11) is 0. The van der Waals surface area contributed by atoms with E-state index in [-0.39, 0.29) is 23.4 Å². The fourth-order valence-corrected chi connectivity index (χ4v) is 2.81. The molecule has 3 rings (SSSR count). The van der Waals surface area contributed by atoms with Crippen LogP contribution in [0.25, 0.3) is 10.9 Å². The first-order valence-electron chi connectivity index (χ1n) is 9.37. The van der Waals surface area contributed by atoms with Crippen LogP contribution in [0.3, 0.4) is 0 Å². The van der Waals surface area contributed by atoms with Gasteiger partial charge in [0.1, 0.15) is 23.8 Å². The Morgan fingerprint density at radius 2 is 1.90 bits per heavy atom. The van der Waals surface area contributed by atoms with Gasteiger partial charge < -0.3 is 14.6 Å². The van der Waals surface area contributed by atoms with Crippen molar-refractivity contribution in [3.63, 3.8) is 0 Å². The lowest BCUT2D eigenvalue weighted by molar-refractivity contribution is -0.141. The van der Waals surface area contributed by atoms with Crippen molar-refractivity contribution in [1.82, 2.24) is 4.98 Å². The molecule has 158 valence electrons. The maximum Gasteiger partial charge on any atom is 0.433 e. The number of carboxylic acids is 1. The van der Waals surface area contributed by atoms with Gasteiger partial charge in [-0.3, -0.25) is 0 Å². The molecule has 0 aliphatic rings. The summed E-state index contributed by atoms with van der Waals surface area (Å²) in [6, 6.07) is 11.8. The third-order valence-electron chi connectivity index (χ3n) is 4.37. The van der Waals surface area contributed by atoms with E-state index in [4.69, 9.17) is 14.6 Å². The highest BCUT2D eigenvalue weighted by atomic mass is 19.4. The minimum Gasteiger partial charge on any atom is -0.493 e. The van der Waals surface area contributed by atoms with Crippen LogP contribution in [-0.2, 0) is 12.8 Å². The van der Waals surface area contributed by atoms with Crippen molar-refractivity contribution in [2.24, 2.45) is 0 Å². The molecule has 0 amide bonds. The molecule has 0 radical (unpaired) electrons. The van der Waals surface area contributed by atoms with Crippen LogP contribution in [0.5, 0.6) is 11.5 Å². The van der Waals surface area contributed by atoms with E-state index in [2.05, 4.69) is 4.98 Å². The Hall–Kier alpha value is -3.29. The Labute approximate surface area is 171 Å². The number of fused-ring (bicyclic) bond motifs is 1. The molecule has 2 aromatic carbocycles. The lowest BCUT2D eigenvalue weighted by Gasteiger charge is -2.14. The molecule has 3 aromatic rings. The van der Waals surface area contributed by atoms with Gasteiger partial charge in [-0.25, -0.2) is 9.78 Å². The second kappa shape index (κ2) is 9.02. The Morgan fingerprint density at radius 1 is 1.10 bits per heavy atom. The molecule has 0 aliphatic heterocycles. The molecule has 0 unspecified atom stereocenters. The zero-order chi connectivity index (χ0) is 21.7. The van der Waals surface area contributed by atoms with E-state index in [1.165, 1.54) is 18.2 Å². The number of aromatic carboxylic acids is 1. The molecule has 1 N–H and O–H groups in total. The number of alkyl halides is 3. The van der Waals surface area contributed by atoms with Gasteiger partial charge in [-0.05, 0) is 42.3 Å². The van der Waals surface area contributed by atoms with Crippen molar-refractivity contribution >= 4 is 16.9 Å². The van der Waals surface area contributed by atoms with Gasteiger partial charge in [-0.1, -0.05) is 25.5 Å². The highest BCUT2D eigenvalue weighted by Crippen LogP contribution is 2.34. The van der Waals surface area contributed by atoms with Crippen LogP contribution in [0.4, 0.5) is 13.2 Å². The van der Waals surface area contributed by atoms with E-state index >= 15 is 0 Å². The van der Waals surface area contributed by atoms with E-state index < -0.39 is 17.8 Å². The normalized spacial score (nSPS) is 11.5. The molecular formula is C22H20F3NO4. The first-order valence-corrected chi connectivity index (χ1v) is 9.37. The fraction of sp³-hybridized carbons (Fsp3) is 0.273.